The predicted octanol–water partition coefficient (Wildman–Crippen LogP) is 2.53. The lowest BCUT2D eigenvalue weighted by Crippen LogP contribution is -2.39. The van der Waals surface area contributed by atoms with Gasteiger partial charge in [0.15, 0.2) is 0 Å². The van der Waals surface area contributed by atoms with Crippen LogP contribution < -0.4 is 5.32 Å². The van der Waals surface area contributed by atoms with Crippen molar-refractivity contribution in [3.05, 3.63) is 60.2 Å². The monoisotopic (exact) mass is 298 g/mol. The van der Waals surface area contributed by atoms with Crippen molar-refractivity contribution in [1.29, 1.82) is 0 Å². The number of aliphatic hydroxyl groups excluding tert-OH is 1. The lowest BCUT2D eigenvalue weighted by Gasteiger charge is -2.16. The first-order chi connectivity index (χ1) is 10.7. The highest BCUT2D eigenvalue weighted by molar-refractivity contribution is 5.73. The van der Waals surface area contributed by atoms with Gasteiger partial charge in [-0.3, -0.25) is 0 Å². The standard InChI is InChI=1S/C18H22N2O2/c1-20(13-14-21)18(22)19-12-11-15-7-9-17(10-8-15)16-5-3-2-4-6-16/h2-10,21H,11-14H2,1H3,(H,19,22). The van der Waals surface area contributed by atoms with E-state index in [0.29, 0.717) is 13.1 Å². The van der Waals surface area contributed by atoms with Crippen LogP contribution >= 0.6 is 0 Å². The van der Waals surface area contributed by atoms with Gasteiger partial charge < -0.3 is 15.3 Å². The number of urea groups is 1. The van der Waals surface area contributed by atoms with E-state index in [9.17, 15) is 4.79 Å². The molecule has 0 radical (unpaired) electrons. The van der Waals surface area contributed by atoms with Crippen molar-refractivity contribution < 1.29 is 9.90 Å². The molecule has 4 nitrogen and oxygen atoms in total. The van der Waals surface area contributed by atoms with Crippen LogP contribution in [0.1, 0.15) is 5.56 Å². The van der Waals surface area contributed by atoms with Gasteiger partial charge in [0.05, 0.1) is 6.61 Å². The van der Waals surface area contributed by atoms with E-state index in [1.54, 1.807) is 7.05 Å². The minimum absolute atomic E-state index is 0.0229. The fraction of sp³-hybridized carbons (Fsp3) is 0.278. The van der Waals surface area contributed by atoms with Gasteiger partial charge in [-0.25, -0.2) is 4.79 Å². The Balaban J connectivity index is 1.83. The van der Waals surface area contributed by atoms with Gasteiger partial charge in [0.2, 0.25) is 0 Å². The molecule has 0 fully saturated rings. The van der Waals surface area contributed by atoms with E-state index in [0.717, 1.165) is 6.42 Å². The van der Waals surface area contributed by atoms with Gasteiger partial charge in [-0.2, -0.15) is 0 Å². The molecule has 0 aliphatic heterocycles. The van der Waals surface area contributed by atoms with Crippen LogP contribution in [0.25, 0.3) is 11.1 Å². The number of benzene rings is 2. The minimum atomic E-state index is -0.157. The van der Waals surface area contributed by atoms with E-state index >= 15 is 0 Å². The molecule has 0 atom stereocenters. The summed E-state index contributed by atoms with van der Waals surface area (Å²) in [5.74, 6) is 0. The van der Waals surface area contributed by atoms with Crippen LogP contribution in [0.2, 0.25) is 0 Å². The molecule has 0 heterocycles. The number of carbonyl (C=O) groups is 1. The normalized spacial score (nSPS) is 10.3. The Labute approximate surface area is 131 Å². The summed E-state index contributed by atoms with van der Waals surface area (Å²) in [5, 5.41) is 11.6. The second kappa shape index (κ2) is 8.20. The summed E-state index contributed by atoms with van der Waals surface area (Å²) in [4.78, 5) is 13.1. The second-order valence-corrected chi connectivity index (χ2v) is 5.19. The van der Waals surface area contributed by atoms with Gasteiger partial charge in [-0.15, -0.1) is 0 Å². The Morgan fingerprint density at radius 2 is 1.68 bits per heavy atom. The Morgan fingerprint density at radius 3 is 2.32 bits per heavy atom. The fourth-order valence-corrected chi connectivity index (χ4v) is 2.19. The Morgan fingerprint density at radius 1 is 1.05 bits per heavy atom. The van der Waals surface area contributed by atoms with Crippen molar-refractivity contribution in [2.45, 2.75) is 6.42 Å². The summed E-state index contributed by atoms with van der Waals surface area (Å²) in [5.41, 5.74) is 3.58. The van der Waals surface area contributed by atoms with Crippen molar-refractivity contribution in [2.24, 2.45) is 0 Å². The number of amides is 2. The van der Waals surface area contributed by atoms with Crippen molar-refractivity contribution in [1.82, 2.24) is 10.2 Å². The summed E-state index contributed by atoms with van der Waals surface area (Å²) in [6, 6.07) is 18.5. The Kier molecular flexibility index (Phi) is 5.98. The third-order valence-corrected chi connectivity index (χ3v) is 3.53. The van der Waals surface area contributed by atoms with E-state index in [4.69, 9.17) is 5.11 Å². The van der Waals surface area contributed by atoms with E-state index in [1.165, 1.54) is 21.6 Å². The molecular formula is C18H22N2O2. The van der Waals surface area contributed by atoms with Gasteiger partial charge in [0.1, 0.15) is 0 Å². The molecule has 2 aromatic carbocycles. The van der Waals surface area contributed by atoms with Crippen LogP contribution in [0.15, 0.2) is 54.6 Å². The first kappa shape index (κ1) is 16.0. The number of rotatable bonds is 6. The van der Waals surface area contributed by atoms with Crippen molar-refractivity contribution >= 4 is 6.03 Å². The smallest absolute Gasteiger partial charge is 0.317 e. The van der Waals surface area contributed by atoms with Gasteiger partial charge in [-0.1, -0.05) is 54.6 Å². The molecule has 2 rings (SSSR count). The van der Waals surface area contributed by atoms with Crippen molar-refractivity contribution in [3.8, 4) is 11.1 Å². The summed E-state index contributed by atoms with van der Waals surface area (Å²) in [6.45, 7) is 0.905. The lowest BCUT2D eigenvalue weighted by molar-refractivity contribution is 0.190. The molecule has 0 aromatic heterocycles. The number of carbonyl (C=O) groups excluding carboxylic acids is 1. The number of likely N-dealkylation sites (N-methyl/N-ethyl adjacent to an activating group) is 1. The minimum Gasteiger partial charge on any atom is -0.395 e. The van der Waals surface area contributed by atoms with Crippen molar-refractivity contribution in [2.75, 3.05) is 26.7 Å². The van der Waals surface area contributed by atoms with Crippen LogP contribution in [-0.2, 0) is 6.42 Å². The van der Waals surface area contributed by atoms with E-state index in [-0.39, 0.29) is 12.6 Å². The molecule has 0 aliphatic rings. The maximum atomic E-state index is 11.7. The molecule has 4 heteroatoms. The number of hydrogen-bond acceptors (Lipinski definition) is 2. The molecule has 0 bridgehead atoms. The Hall–Kier alpha value is -2.33. The number of nitrogens with zero attached hydrogens (tertiary/aromatic N) is 1. The zero-order valence-corrected chi connectivity index (χ0v) is 12.8. The van der Waals surface area contributed by atoms with Gasteiger partial charge >= 0.3 is 6.03 Å². The maximum Gasteiger partial charge on any atom is 0.317 e. The second-order valence-electron chi connectivity index (χ2n) is 5.19. The lowest BCUT2D eigenvalue weighted by atomic mass is 10.0. The van der Waals surface area contributed by atoms with Crippen LogP contribution in [-0.4, -0.2) is 42.8 Å². The highest BCUT2D eigenvalue weighted by Crippen LogP contribution is 2.19. The Bertz CT molecular complexity index is 582. The van der Waals surface area contributed by atoms with E-state index in [2.05, 4.69) is 41.7 Å². The van der Waals surface area contributed by atoms with Crippen LogP contribution in [0, 0.1) is 0 Å². The number of hydrogen-bond donors (Lipinski definition) is 2. The number of aliphatic hydroxyl groups is 1. The fourth-order valence-electron chi connectivity index (χ4n) is 2.19. The highest BCUT2D eigenvalue weighted by Gasteiger charge is 2.06. The molecule has 0 unspecified atom stereocenters. The van der Waals surface area contributed by atoms with Crippen LogP contribution in [0.3, 0.4) is 0 Å². The molecule has 0 saturated carbocycles. The quantitative estimate of drug-likeness (QED) is 0.861. The third kappa shape index (κ3) is 4.60. The average Bonchev–Trinajstić information content (AvgIpc) is 2.56. The summed E-state index contributed by atoms with van der Waals surface area (Å²) in [6.07, 6.45) is 0.785. The first-order valence-electron chi connectivity index (χ1n) is 7.45. The molecule has 2 amide bonds. The molecule has 116 valence electrons. The topological polar surface area (TPSA) is 52.6 Å². The van der Waals surface area contributed by atoms with Gasteiger partial charge in [0, 0.05) is 20.1 Å². The molecule has 2 aromatic rings. The van der Waals surface area contributed by atoms with Crippen LogP contribution in [0.4, 0.5) is 4.79 Å². The largest absolute Gasteiger partial charge is 0.395 e. The first-order valence-corrected chi connectivity index (χ1v) is 7.45. The zero-order chi connectivity index (χ0) is 15.8. The molecule has 22 heavy (non-hydrogen) atoms. The van der Waals surface area contributed by atoms with Gasteiger partial charge in [-0.05, 0) is 23.1 Å². The van der Waals surface area contributed by atoms with E-state index < -0.39 is 0 Å². The van der Waals surface area contributed by atoms with E-state index in [1.807, 2.05) is 18.2 Å². The summed E-state index contributed by atoms with van der Waals surface area (Å²) < 4.78 is 0. The molecule has 0 aliphatic carbocycles. The van der Waals surface area contributed by atoms with Crippen LogP contribution in [0.5, 0.6) is 0 Å². The molecule has 0 spiro atoms. The summed E-state index contributed by atoms with van der Waals surface area (Å²) in [7, 11) is 1.67. The van der Waals surface area contributed by atoms with Gasteiger partial charge in [0.25, 0.3) is 0 Å². The SMILES string of the molecule is CN(CCO)C(=O)NCCc1ccc(-c2ccccc2)cc1. The molecular weight excluding hydrogens is 276 g/mol. The summed E-state index contributed by atoms with van der Waals surface area (Å²) >= 11 is 0. The zero-order valence-electron chi connectivity index (χ0n) is 12.8. The predicted molar refractivity (Wildman–Crippen MR) is 88.7 cm³/mol. The molecule has 0 saturated heterocycles. The number of nitrogens with one attached hydrogen (secondary N) is 1. The third-order valence-electron chi connectivity index (χ3n) is 3.53. The average molecular weight is 298 g/mol. The highest BCUT2D eigenvalue weighted by atomic mass is 16.3. The van der Waals surface area contributed by atoms with Crippen molar-refractivity contribution in [3.63, 3.8) is 0 Å². The maximum absolute atomic E-state index is 11.7. The molecule has 2 N–H and O–H groups in total.